The molecule has 1 aliphatic heterocycles. The third kappa shape index (κ3) is 5.17. The number of allylic oxidation sites excluding steroid dienone is 1. The molecule has 0 spiro atoms. The van der Waals surface area contributed by atoms with Gasteiger partial charge in [-0.1, -0.05) is 47.7 Å². The molecule has 0 N–H and O–H groups in total. The average molecular weight is 563 g/mol. The van der Waals surface area contributed by atoms with Gasteiger partial charge in [-0.05, 0) is 48.4 Å². The van der Waals surface area contributed by atoms with Crippen molar-refractivity contribution in [2.75, 3.05) is 14.2 Å². The lowest BCUT2D eigenvalue weighted by molar-refractivity contribution is -0.136. The number of fused-ring (bicyclic) bond motifs is 1. The van der Waals surface area contributed by atoms with Gasteiger partial charge in [0.05, 0.1) is 36.1 Å². The van der Waals surface area contributed by atoms with Crippen LogP contribution in [0.25, 0.3) is 6.08 Å². The summed E-state index contributed by atoms with van der Waals surface area (Å²) < 4.78 is 45.3. The molecule has 0 bridgehead atoms. The third-order valence-electron chi connectivity index (χ3n) is 6.42. The molecule has 204 valence electrons. The zero-order chi connectivity index (χ0) is 28.4. The van der Waals surface area contributed by atoms with Crippen molar-refractivity contribution < 1.29 is 27.8 Å². The SMILES string of the molecule is COC(=O)C1=C(C)N=c2sc(=Cc3ccc(OC)c(COc4ccc(F)cc4F)c3)c(=O)n2[C@@H]1c1ccccc1. The highest BCUT2D eigenvalue weighted by molar-refractivity contribution is 7.07. The van der Waals surface area contributed by atoms with Gasteiger partial charge in [-0.25, -0.2) is 18.6 Å². The number of benzene rings is 3. The predicted octanol–water partition coefficient (Wildman–Crippen LogP) is 4.27. The van der Waals surface area contributed by atoms with E-state index in [0.717, 1.165) is 17.7 Å². The van der Waals surface area contributed by atoms with Gasteiger partial charge in [0, 0.05) is 11.6 Å². The maximum atomic E-state index is 14.1. The van der Waals surface area contributed by atoms with Crippen LogP contribution in [0.5, 0.6) is 11.5 Å². The zero-order valence-electron chi connectivity index (χ0n) is 21.8. The van der Waals surface area contributed by atoms with E-state index < -0.39 is 23.6 Å². The van der Waals surface area contributed by atoms with Crippen LogP contribution in [0.3, 0.4) is 0 Å². The van der Waals surface area contributed by atoms with Crippen molar-refractivity contribution in [2.45, 2.75) is 19.6 Å². The average Bonchev–Trinajstić information content (AvgIpc) is 3.25. The van der Waals surface area contributed by atoms with E-state index in [4.69, 9.17) is 14.2 Å². The van der Waals surface area contributed by atoms with Crippen LogP contribution < -0.4 is 24.4 Å². The summed E-state index contributed by atoms with van der Waals surface area (Å²) in [6, 6.07) is 16.9. The number of hydrogen-bond donors (Lipinski definition) is 0. The first-order chi connectivity index (χ1) is 19.3. The van der Waals surface area contributed by atoms with Crippen molar-refractivity contribution >= 4 is 23.4 Å². The second-order valence-electron chi connectivity index (χ2n) is 8.92. The maximum absolute atomic E-state index is 14.1. The number of carbonyl (C=O) groups excluding carboxylic acids is 1. The summed E-state index contributed by atoms with van der Waals surface area (Å²) in [4.78, 5) is 31.5. The van der Waals surface area contributed by atoms with Crippen molar-refractivity contribution in [2.24, 2.45) is 4.99 Å². The molecule has 0 amide bonds. The molecule has 0 saturated heterocycles. The Kier molecular flexibility index (Phi) is 7.61. The lowest BCUT2D eigenvalue weighted by atomic mass is 9.96. The molecule has 10 heteroatoms. The van der Waals surface area contributed by atoms with Gasteiger partial charge in [0.25, 0.3) is 5.56 Å². The Balaban J connectivity index is 1.56. The summed E-state index contributed by atoms with van der Waals surface area (Å²) in [6.07, 6.45) is 1.71. The van der Waals surface area contributed by atoms with E-state index in [-0.39, 0.29) is 17.9 Å². The summed E-state index contributed by atoms with van der Waals surface area (Å²) in [5, 5.41) is 0. The van der Waals surface area contributed by atoms with Gasteiger partial charge >= 0.3 is 5.97 Å². The van der Waals surface area contributed by atoms with E-state index >= 15 is 0 Å². The minimum atomic E-state index is -0.814. The fourth-order valence-electron chi connectivity index (χ4n) is 4.54. The van der Waals surface area contributed by atoms with Gasteiger partial charge in [0.15, 0.2) is 16.4 Å². The number of rotatable bonds is 7. The Bertz CT molecular complexity index is 1810. The number of carbonyl (C=O) groups is 1. The molecule has 0 fully saturated rings. The number of ether oxygens (including phenoxy) is 3. The standard InChI is InChI=1S/C30H24F2N2O5S/c1-17-26(29(36)38-3)27(19-7-5-4-6-8-19)34-28(35)25(40-30(34)33-17)14-18-9-11-23(37-2)20(13-18)16-39-24-12-10-21(31)15-22(24)32/h4-15,27H,16H2,1-3H3/t27-/m1/s1. The lowest BCUT2D eigenvalue weighted by Crippen LogP contribution is -2.39. The second-order valence-corrected chi connectivity index (χ2v) is 9.93. The van der Waals surface area contributed by atoms with E-state index in [1.165, 1.54) is 36.2 Å². The molecule has 2 heterocycles. The van der Waals surface area contributed by atoms with Crippen molar-refractivity contribution in [3.63, 3.8) is 0 Å². The van der Waals surface area contributed by atoms with Crippen LogP contribution in [0.4, 0.5) is 8.78 Å². The zero-order valence-corrected chi connectivity index (χ0v) is 22.6. The van der Waals surface area contributed by atoms with Crippen molar-refractivity contribution in [3.05, 3.63) is 126 Å². The molecule has 7 nitrogen and oxygen atoms in total. The van der Waals surface area contributed by atoms with Crippen molar-refractivity contribution in [1.82, 2.24) is 4.57 Å². The Morgan fingerprint density at radius 3 is 2.50 bits per heavy atom. The third-order valence-corrected chi connectivity index (χ3v) is 7.40. The highest BCUT2D eigenvalue weighted by atomic mass is 32.1. The summed E-state index contributed by atoms with van der Waals surface area (Å²) in [5.41, 5.74) is 2.48. The van der Waals surface area contributed by atoms with E-state index in [0.29, 0.717) is 37.5 Å². The van der Waals surface area contributed by atoms with E-state index in [2.05, 4.69) is 4.99 Å². The minimum absolute atomic E-state index is 0.0512. The fraction of sp³-hybridized carbons (Fsp3) is 0.167. The van der Waals surface area contributed by atoms with Crippen LogP contribution in [0.2, 0.25) is 0 Å². The van der Waals surface area contributed by atoms with Gasteiger partial charge < -0.3 is 14.2 Å². The van der Waals surface area contributed by atoms with E-state index in [1.54, 1.807) is 31.2 Å². The lowest BCUT2D eigenvalue weighted by Gasteiger charge is -2.24. The van der Waals surface area contributed by atoms with Crippen molar-refractivity contribution in [3.8, 4) is 11.5 Å². The molecule has 5 rings (SSSR count). The molecule has 0 unspecified atom stereocenters. The predicted molar refractivity (Wildman–Crippen MR) is 146 cm³/mol. The van der Waals surface area contributed by atoms with Crippen LogP contribution in [0.1, 0.15) is 29.7 Å². The number of thiazole rings is 1. The molecule has 0 saturated carbocycles. The Morgan fingerprint density at radius 2 is 1.80 bits per heavy atom. The van der Waals surface area contributed by atoms with Crippen LogP contribution in [-0.4, -0.2) is 24.8 Å². The summed E-state index contributed by atoms with van der Waals surface area (Å²) in [5.74, 6) is -1.66. The molecule has 1 atom stereocenters. The summed E-state index contributed by atoms with van der Waals surface area (Å²) in [6.45, 7) is 1.67. The fourth-order valence-corrected chi connectivity index (χ4v) is 5.59. The van der Waals surface area contributed by atoms with Gasteiger partial charge in [-0.3, -0.25) is 9.36 Å². The molecule has 40 heavy (non-hydrogen) atoms. The Hall–Kier alpha value is -4.57. The molecule has 1 aromatic heterocycles. The summed E-state index contributed by atoms with van der Waals surface area (Å²) in [7, 11) is 2.80. The molecular formula is C30H24F2N2O5S. The maximum Gasteiger partial charge on any atom is 0.338 e. The van der Waals surface area contributed by atoms with Gasteiger partial charge in [0.2, 0.25) is 0 Å². The van der Waals surface area contributed by atoms with Gasteiger partial charge in [-0.2, -0.15) is 0 Å². The topological polar surface area (TPSA) is 79.1 Å². The molecule has 4 aromatic rings. The van der Waals surface area contributed by atoms with Crippen LogP contribution in [-0.2, 0) is 16.1 Å². The monoisotopic (exact) mass is 562 g/mol. The molecule has 0 aliphatic carbocycles. The quantitative estimate of drug-likeness (QED) is 0.315. The minimum Gasteiger partial charge on any atom is -0.496 e. The van der Waals surface area contributed by atoms with Gasteiger partial charge in [-0.15, -0.1) is 0 Å². The first-order valence-electron chi connectivity index (χ1n) is 12.2. The largest absolute Gasteiger partial charge is 0.496 e. The van der Waals surface area contributed by atoms with E-state index in [1.807, 2.05) is 30.3 Å². The number of hydrogen-bond acceptors (Lipinski definition) is 7. The number of halogens is 2. The second kappa shape index (κ2) is 11.3. The number of aromatic nitrogens is 1. The summed E-state index contributed by atoms with van der Waals surface area (Å²) >= 11 is 1.20. The number of methoxy groups -OCH3 is 2. The van der Waals surface area contributed by atoms with Gasteiger partial charge in [0.1, 0.15) is 18.2 Å². The Labute approximate surface area is 231 Å². The van der Waals surface area contributed by atoms with Crippen molar-refractivity contribution in [1.29, 1.82) is 0 Å². The van der Waals surface area contributed by atoms with E-state index in [9.17, 15) is 18.4 Å². The first kappa shape index (κ1) is 27.0. The molecule has 1 aliphatic rings. The van der Waals surface area contributed by atoms with Crippen LogP contribution in [0.15, 0.2) is 87.8 Å². The Morgan fingerprint density at radius 1 is 1.05 bits per heavy atom. The molecule has 0 radical (unpaired) electrons. The van der Waals surface area contributed by atoms with Crippen LogP contribution >= 0.6 is 11.3 Å². The normalized spacial score (nSPS) is 14.9. The number of esters is 1. The molecule has 3 aromatic carbocycles. The first-order valence-corrected chi connectivity index (χ1v) is 13.0. The molecular weight excluding hydrogens is 538 g/mol. The van der Waals surface area contributed by atoms with Crippen LogP contribution in [0, 0.1) is 11.6 Å². The highest BCUT2D eigenvalue weighted by Gasteiger charge is 2.32. The highest BCUT2D eigenvalue weighted by Crippen LogP contribution is 2.30. The smallest absolute Gasteiger partial charge is 0.338 e. The number of nitrogens with zero attached hydrogens (tertiary/aromatic N) is 2.